The van der Waals surface area contributed by atoms with E-state index in [1.54, 1.807) is 18.2 Å². The van der Waals surface area contributed by atoms with E-state index in [1.165, 1.54) is 9.31 Å². The van der Waals surface area contributed by atoms with Gasteiger partial charge in [-0.1, -0.05) is 94.8 Å². The first-order valence-electron chi connectivity index (χ1n) is 16.0. The molecule has 4 rings (SSSR count). The Morgan fingerprint density at radius 3 is 2.24 bits per heavy atom. The van der Waals surface area contributed by atoms with Crippen molar-refractivity contribution < 1.29 is 23.1 Å². The van der Waals surface area contributed by atoms with Crippen LogP contribution < -0.4 is 10.7 Å². The lowest BCUT2D eigenvalue weighted by molar-refractivity contribution is -0.148. The molecule has 0 aliphatic heterocycles. The number of fused-ring (bicyclic) bond motifs is 1. The number of carbonyl (C=O) groups excluding carboxylic acids is 2. The Labute approximate surface area is 268 Å². The van der Waals surface area contributed by atoms with Crippen LogP contribution in [0.3, 0.4) is 0 Å². The SMILES string of the molecule is CC[C@H](C)CC(=O)N(NC(=O)CNC1CC1)[C@@H](Cc1ccccc1)[C@H](O)CN(CC(C)C)S(=O)(=O)c1ccc2ccccc2c1. The van der Waals surface area contributed by atoms with E-state index in [0.717, 1.165) is 35.6 Å². The fourth-order valence-corrected chi connectivity index (χ4v) is 6.97. The molecule has 0 unspecified atom stereocenters. The van der Waals surface area contributed by atoms with Gasteiger partial charge in [0.2, 0.25) is 15.9 Å². The van der Waals surface area contributed by atoms with Crippen LogP contribution in [0.15, 0.2) is 77.7 Å². The summed E-state index contributed by atoms with van der Waals surface area (Å²) in [5.74, 6) is -0.678. The van der Waals surface area contributed by atoms with Crippen LogP contribution in [-0.2, 0) is 26.0 Å². The number of hydrogen-bond donors (Lipinski definition) is 3. The van der Waals surface area contributed by atoms with Gasteiger partial charge in [0.1, 0.15) is 0 Å². The van der Waals surface area contributed by atoms with E-state index < -0.39 is 22.2 Å². The molecule has 0 aromatic heterocycles. The first-order valence-corrected chi connectivity index (χ1v) is 17.5. The lowest BCUT2D eigenvalue weighted by Gasteiger charge is -2.37. The topological polar surface area (TPSA) is 119 Å². The first-order chi connectivity index (χ1) is 21.5. The van der Waals surface area contributed by atoms with Gasteiger partial charge in [-0.05, 0) is 59.6 Å². The lowest BCUT2D eigenvalue weighted by Crippen LogP contribution is -2.60. The highest BCUT2D eigenvalue weighted by atomic mass is 32.2. The van der Waals surface area contributed by atoms with E-state index in [-0.39, 0.29) is 61.0 Å². The quantitative estimate of drug-likeness (QED) is 0.199. The maximum absolute atomic E-state index is 14.1. The number of aliphatic hydroxyl groups excluding tert-OH is 1. The molecule has 3 aromatic rings. The van der Waals surface area contributed by atoms with Gasteiger partial charge in [-0.2, -0.15) is 4.31 Å². The number of aliphatic hydroxyl groups is 1. The predicted octanol–water partition coefficient (Wildman–Crippen LogP) is 4.51. The number of rotatable bonds is 16. The van der Waals surface area contributed by atoms with Crippen LogP contribution in [0, 0.1) is 11.8 Å². The predicted molar refractivity (Wildman–Crippen MR) is 178 cm³/mol. The van der Waals surface area contributed by atoms with Gasteiger partial charge < -0.3 is 10.4 Å². The third-order valence-corrected chi connectivity index (χ3v) is 10.1. The maximum atomic E-state index is 14.1. The minimum Gasteiger partial charge on any atom is -0.390 e. The summed E-state index contributed by atoms with van der Waals surface area (Å²) in [5, 5.41) is 18.1. The molecule has 1 fully saturated rings. The molecule has 244 valence electrons. The number of benzene rings is 3. The van der Waals surface area contributed by atoms with Crippen molar-refractivity contribution >= 4 is 32.6 Å². The van der Waals surface area contributed by atoms with Gasteiger partial charge in [0.25, 0.3) is 5.91 Å². The van der Waals surface area contributed by atoms with E-state index in [0.29, 0.717) is 6.04 Å². The molecule has 1 saturated carbocycles. The molecule has 0 radical (unpaired) electrons. The summed E-state index contributed by atoms with van der Waals surface area (Å²) in [6.45, 7) is 7.77. The molecule has 45 heavy (non-hydrogen) atoms. The van der Waals surface area contributed by atoms with Crippen molar-refractivity contribution in [3.8, 4) is 0 Å². The molecular weight excluding hydrogens is 588 g/mol. The number of sulfonamides is 1. The van der Waals surface area contributed by atoms with Gasteiger partial charge in [-0.3, -0.25) is 15.0 Å². The molecule has 1 aliphatic carbocycles. The zero-order valence-electron chi connectivity index (χ0n) is 26.9. The van der Waals surface area contributed by atoms with Crippen molar-refractivity contribution in [3.05, 3.63) is 78.4 Å². The highest BCUT2D eigenvalue weighted by Crippen LogP contribution is 2.25. The summed E-state index contributed by atoms with van der Waals surface area (Å²) in [6, 6.07) is 21.4. The van der Waals surface area contributed by atoms with Crippen LogP contribution in [0.4, 0.5) is 0 Å². The molecular formula is C35H48N4O5S. The molecule has 3 aromatic carbocycles. The fraction of sp³-hybridized carbons (Fsp3) is 0.486. The molecule has 0 bridgehead atoms. The number of hydrogen-bond acceptors (Lipinski definition) is 6. The van der Waals surface area contributed by atoms with Crippen LogP contribution in [0.2, 0.25) is 0 Å². The molecule has 10 heteroatoms. The maximum Gasteiger partial charge on any atom is 0.252 e. The van der Waals surface area contributed by atoms with Crippen molar-refractivity contribution in [2.24, 2.45) is 11.8 Å². The van der Waals surface area contributed by atoms with Crippen LogP contribution in [0.5, 0.6) is 0 Å². The Morgan fingerprint density at radius 2 is 1.60 bits per heavy atom. The van der Waals surface area contributed by atoms with Gasteiger partial charge in [0.15, 0.2) is 0 Å². The normalized spacial score (nSPS) is 15.6. The Kier molecular flexibility index (Phi) is 12.1. The van der Waals surface area contributed by atoms with Crippen LogP contribution in [0.1, 0.15) is 58.9 Å². The smallest absolute Gasteiger partial charge is 0.252 e. The summed E-state index contributed by atoms with van der Waals surface area (Å²) < 4.78 is 29.5. The second-order valence-electron chi connectivity index (χ2n) is 12.7. The molecule has 3 N–H and O–H groups in total. The minimum atomic E-state index is -4.02. The third-order valence-electron chi connectivity index (χ3n) is 8.24. The number of hydrazine groups is 1. The standard InChI is InChI=1S/C35H48N4O5S/c1-5-26(4)19-35(42)39(37-34(41)22-36-30-16-17-30)32(20-27-11-7-6-8-12-27)33(40)24-38(23-25(2)3)45(43,44)31-18-15-28-13-9-10-14-29(28)21-31/h6-15,18,21,25-26,30,32-33,36,40H,5,16-17,19-20,22-24H2,1-4H3,(H,37,41)/t26-,32-,33+/m0/s1. The molecule has 0 heterocycles. The van der Waals surface area contributed by atoms with Crippen LogP contribution >= 0.6 is 0 Å². The third kappa shape index (κ3) is 9.84. The number of nitrogens with one attached hydrogen (secondary N) is 2. The van der Waals surface area contributed by atoms with E-state index in [2.05, 4.69) is 10.7 Å². The molecule has 9 nitrogen and oxygen atoms in total. The fourth-order valence-electron chi connectivity index (χ4n) is 5.31. The highest BCUT2D eigenvalue weighted by molar-refractivity contribution is 7.89. The summed E-state index contributed by atoms with van der Waals surface area (Å²) >= 11 is 0. The van der Waals surface area contributed by atoms with E-state index >= 15 is 0 Å². The molecule has 3 atom stereocenters. The van der Waals surface area contributed by atoms with Crippen molar-refractivity contribution in [1.29, 1.82) is 0 Å². The Hall–Kier alpha value is -3.31. The van der Waals surface area contributed by atoms with Crippen LogP contribution in [-0.4, -0.2) is 72.5 Å². The van der Waals surface area contributed by atoms with Crippen molar-refractivity contribution in [2.75, 3.05) is 19.6 Å². The van der Waals surface area contributed by atoms with E-state index in [4.69, 9.17) is 0 Å². The Bertz CT molecular complexity index is 1530. The Balaban J connectivity index is 1.67. The molecule has 0 saturated heterocycles. The van der Waals surface area contributed by atoms with Gasteiger partial charge in [-0.15, -0.1) is 0 Å². The zero-order chi connectivity index (χ0) is 32.6. The number of carbonyl (C=O) groups is 2. The number of nitrogens with zero attached hydrogens (tertiary/aromatic N) is 2. The lowest BCUT2D eigenvalue weighted by atomic mass is 9.98. The van der Waals surface area contributed by atoms with Crippen LogP contribution in [0.25, 0.3) is 10.8 Å². The summed E-state index contributed by atoms with van der Waals surface area (Å²) in [7, 11) is -4.02. The van der Waals surface area contributed by atoms with E-state index in [9.17, 15) is 23.1 Å². The highest BCUT2D eigenvalue weighted by Gasteiger charge is 2.36. The van der Waals surface area contributed by atoms with Gasteiger partial charge >= 0.3 is 0 Å². The molecule has 2 amide bonds. The zero-order valence-corrected chi connectivity index (χ0v) is 27.7. The first kappa shape index (κ1) is 34.6. The second kappa shape index (κ2) is 15.8. The summed E-state index contributed by atoms with van der Waals surface area (Å²) in [6.07, 6.45) is 1.88. The molecule has 1 aliphatic rings. The van der Waals surface area contributed by atoms with Gasteiger partial charge in [-0.25, -0.2) is 13.4 Å². The second-order valence-corrected chi connectivity index (χ2v) is 14.7. The van der Waals surface area contributed by atoms with Gasteiger partial charge in [0.05, 0.1) is 23.6 Å². The molecule has 0 spiro atoms. The van der Waals surface area contributed by atoms with E-state index in [1.807, 2.05) is 82.3 Å². The van der Waals surface area contributed by atoms with Gasteiger partial charge in [0, 0.05) is 25.6 Å². The van der Waals surface area contributed by atoms with Crippen molar-refractivity contribution in [1.82, 2.24) is 20.1 Å². The summed E-state index contributed by atoms with van der Waals surface area (Å²) in [5.41, 5.74) is 3.64. The largest absolute Gasteiger partial charge is 0.390 e. The number of amides is 2. The average Bonchev–Trinajstić information content (AvgIpc) is 3.86. The summed E-state index contributed by atoms with van der Waals surface area (Å²) in [4.78, 5) is 27.0. The minimum absolute atomic E-state index is 0.0312. The Morgan fingerprint density at radius 1 is 0.933 bits per heavy atom. The monoisotopic (exact) mass is 636 g/mol. The van der Waals surface area contributed by atoms with Crippen molar-refractivity contribution in [3.63, 3.8) is 0 Å². The average molecular weight is 637 g/mol. The van der Waals surface area contributed by atoms with Crippen molar-refractivity contribution in [2.45, 2.75) is 82.9 Å².